The minimum Gasteiger partial charge on any atom is -0.497 e. The van der Waals surface area contributed by atoms with E-state index in [9.17, 15) is 14.4 Å². The topological polar surface area (TPSA) is 99.8 Å². The number of benzene rings is 2. The minimum atomic E-state index is -0.342. The summed E-state index contributed by atoms with van der Waals surface area (Å²) < 4.78 is 5.11. The molecule has 3 amide bonds. The highest BCUT2D eigenvalue weighted by atomic mass is 16.5. The van der Waals surface area contributed by atoms with E-state index in [0.29, 0.717) is 35.8 Å². The van der Waals surface area contributed by atoms with Crippen molar-refractivity contribution < 1.29 is 19.1 Å². The third-order valence-electron chi connectivity index (χ3n) is 4.35. The fourth-order valence-electron chi connectivity index (χ4n) is 2.79. The van der Waals surface area contributed by atoms with Crippen LogP contribution in [-0.2, 0) is 9.59 Å². The van der Waals surface area contributed by atoms with Gasteiger partial charge in [0, 0.05) is 12.2 Å². The van der Waals surface area contributed by atoms with Crippen molar-refractivity contribution >= 4 is 29.1 Å². The normalized spacial score (nSPS) is 10.4. The molecular formula is C22H28N4O4. The Bertz CT molecular complexity index is 868. The van der Waals surface area contributed by atoms with Crippen LogP contribution in [0.25, 0.3) is 0 Å². The highest BCUT2D eigenvalue weighted by Gasteiger charge is 2.16. The molecule has 2 aromatic carbocycles. The van der Waals surface area contributed by atoms with Gasteiger partial charge in [0.2, 0.25) is 11.8 Å². The van der Waals surface area contributed by atoms with E-state index in [1.165, 1.54) is 0 Å². The summed E-state index contributed by atoms with van der Waals surface area (Å²) in [5.41, 5.74) is 1.36. The molecule has 2 rings (SSSR count). The summed E-state index contributed by atoms with van der Waals surface area (Å²) in [6.45, 7) is 4.99. The first-order valence-electron chi connectivity index (χ1n) is 9.80. The van der Waals surface area contributed by atoms with Gasteiger partial charge in [0.1, 0.15) is 5.75 Å². The van der Waals surface area contributed by atoms with E-state index in [1.54, 1.807) is 60.5 Å². The molecule has 0 spiro atoms. The molecule has 0 atom stereocenters. The third kappa shape index (κ3) is 6.89. The van der Waals surface area contributed by atoms with E-state index in [0.717, 1.165) is 0 Å². The van der Waals surface area contributed by atoms with Gasteiger partial charge in [0.15, 0.2) is 0 Å². The summed E-state index contributed by atoms with van der Waals surface area (Å²) in [6, 6.07) is 13.7. The molecular weight excluding hydrogens is 384 g/mol. The summed E-state index contributed by atoms with van der Waals surface area (Å²) >= 11 is 0. The maximum atomic E-state index is 12.7. The van der Waals surface area contributed by atoms with E-state index >= 15 is 0 Å². The second-order valence-electron chi connectivity index (χ2n) is 6.53. The number of carbonyl (C=O) groups is 3. The lowest BCUT2D eigenvalue weighted by molar-refractivity contribution is -0.123. The predicted molar refractivity (Wildman–Crippen MR) is 117 cm³/mol. The van der Waals surface area contributed by atoms with Gasteiger partial charge in [0.05, 0.1) is 31.5 Å². The van der Waals surface area contributed by atoms with Crippen molar-refractivity contribution in [1.82, 2.24) is 10.2 Å². The minimum absolute atomic E-state index is 0.0437. The van der Waals surface area contributed by atoms with Crippen LogP contribution in [0.3, 0.4) is 0 Å². The molecule has 0 fully saturated rings. The lowest BCUT2D eigenvalue weighted by Gasteiger charge is -2.19. The number of anilines is 2. The molecule has 0 aliphatic heterocycles. The molecule has 0 radical (unpaired) electrons. The molecule has 3 N–H and O–H groups in total. The number of carbonyl (C=O) groups excluding carboxylic acids is 3. The first kappa shape index (κ1) is 22.9. The first-order valence-corrected chi connectivity index (χ1v) is 9.80. The molecule has 0 aliphatic carbocycles. The van der Waals surface area contributed by atoms with Crippen molar-refractivity contribution in [2.75, 3.05) is 43.9 Å². The summed E-state index contributed by atoms with van der Waals surface area (Å²) in [5.74, 6) is -0.0863. The Balaban J connectivity index is 2.03. The Kier molecular flexibility index (Phi) is 8.83. The molecule has 0 bridgehead atoms. The zero-order chi connectivity index (χ0) is 21.9. The predicted octanol–water partition coefficient (Wildman–Crippen LogP) is 2.34. The van der Waals surface area contributed by atoms with Crippen molar-refractivity contribution in [3.8, 4) is 5.75 Å². The zero-order valence-corrected chi connectivity index (χ0v) is 17.5. The number of nitrogens with zero attached hydrogens (tertiary/aromatic N) is 1. The molecule has 30 heavy (non-hydrogen) atoms. The van der Waals surface area contributed by atoms with Gasteiger partial charge in [-0.15, -0.1) is 0 Å². The summed E-state index contributed by atoms with van der Waals surface area (Å²) in [7, 11) is 1.57. The Morgan fingerprint density at radius 3 is 2.20 bits per heavy atom. The first-order chi connectivity index (χ1) is 14.5. The Morgan fingerprint density at radius 1 is 0.900 bits per heavy atom. The second-order valence-corrected chi connectivity index (χ2v) is 6.53. The smallest absolute Gasteiger partial charge is 0.257 e. The van der Waals surface area contributed by atoms with E-state index in [-0.39, 0.29) is 30.8 Å². The molecule has 160 valence electrons. The maximum Gasteiger partial charge on any atom is 0.257 e. The van der Waals surface area contributed by atoms with E-state index in [1.807, 2.05) is 13.8 Å². The van der Waals surface area contributed by atoms with Crippen LogP contribution in [-0.4, -0.2) is 55.9 Å². The number of hydrogen-bond acceptors (Lipinski definition) is 5. The molecule has 8 nitrogen and oxygen atoms in total. The van der Waals surface area contributed by atoms with Gasteiger partial charge >= 0.3 is 0 Å². The van der Waals surface area contributed by atoms with Crippen molar-refractivity contribution in [2.24, 2.45) is 0 Å². The van der Waals surface area contributed by atoms with Crippen molar-refractivity contribution in [2.45, 2.75) is 13.8 Å². The molecule has 0 aromatic heterocycles. The fraction of sp³-hybridized carbons (Fsp3) is 0.318. The molecule has 0 aliphatic rings. The second kappa shape index (κ2) is 11.6. The van der Waals surface area contributed by atoms with Crippen molar-refractivity contribution in [3.63, 3.8) is 0 Å². The van der Waals surface area contributed by atoms with Crippen LogP contribution in [0.15, 0.2) is 48.5 Å². The highest BCUT2D eigenvalue weighted by Crippen LogP contribution is 2.19. The molecule has 0 saturated carbocycles. The number of nitrogens with one attached hydrogen (secondary N) is 3. The lowest BCUT2D eigenvalue weighted by atomic mass is 10.1. The number of para-hydroxylation sites is 1. The zero-order valence-electron chi connectivity index (χ0n) is 17.5. The van der Waals surface area contributed by atoms with Gasteiger partial charge in [-0.2, -0.15) is 0 Å². The summed E-state index contributed by atoms with van der Waals surface area (Å²) in [6.07, 6.45) is 0. The molecule has 0 heterocycles. The molecule has 0 saturated heterocycles. The maximum absolute atomic E-state index is 12.7. The van der Waals surface area contributed by atoms with Crippen LogP contribution in [0.5, 0.6) is 5.75 Å². The Labute approximate surface area is 176 Å². The van der Waals surface area contributed by atoms with Gasteiger partial charge in [-0.1, -0.05) is 19.1 Å². The number of amides is 3. The van der Waals surface area contributed by atoms with E-state index in [4.69, 9.17) is 4.74 Å². The van der Waals surface area contributed by atoms with Gasteiger partial charge in [-0.3, -0.25) is 19.3 Å². The van der Waals surface area contributed by atoms with Crippen LogP contribution in [0.4, 0.5) is 11.4 Å². The average molecular weight is 412 g/mol. The fourth-order valence-corrected chi connectivity index (χ4v) is 2.79. The van der Waals surface area contributed by atoms with Crippen LogP contribution in [0, 0.1) is 0 Å². The molecule has 2 aromatic rings. The average Bonchev–Trinajstić information content (AvgIpc) is 2.74. The largest absolute Gasteiger partial charge is 0.497 e. The number of likely N-dealkylation sites (N-methyl/N-ethyl adjacent to an activating group) is 2. The number of hydrogen-bond donors (Lipinski definition) is 3. The van der Waals surface area contributed by atoms with Crippen LogP contribution >= 0.6 is 0 Å². The molecule has 8 heteroatoms. The van der Waals surface area contributed by atoms with Gasteiger partial charge < -0.3 is 20.7 Å². The summed E-state index contributed by atoms with van der Waals surface area (Å²) in [4.78, 5) is 38.7. The van der Waals surface area contributed by atoms with Crippen molar-refractivity contribution in [3.05, 3.63) is 54.1 Å². The number of ether oxygens (including phenoxy) is 1. The van der Waals surface area contributed by atoms with Crippen molar-refractivity contribution in [1.29, 1.82) is 0 Å². The van der Waals surface area contributed by atoms with Gasteiger partial charge in [0.25, 0.3) is 5.91 Å². The monoisotopic (exact) mass is 412 g/mol. The van der Waals surface area contributed by atoms with Gasteiger partial charge in [-0.25, -0.2) is 0 Å². The van der Waals surface area contributed by atoms with Gasteiger partial charge in [-0.05, 0) is 49.9 Å². The molecule has 0 unspecified atom stereocenters. The summed E-state index contributed by atoms with van der Waals surface area (Å²) in [5, 5.41) is 8.29. The van der Waals surface area contributed by atoms with E-state index in [2.05, 4.69) is 16.0 Å². The van der Waals surface area contributed by atoms with Crippen LogP contribution in [0.2, 0.25) is 0 Å². The van der Waals surface area contributed by atoms with E-state index < -0.39 is 0 Å². The highest BCUT2D eigenvalue weighted by molar-refractivity contribution is 6.10. The lowest BCUT2D eigenvalue weighted by Crippen LogP contribution is -2.41. The SMILES string of the molecule is CCNC(=O)CN(CC)CC(=O)Nc1ccccc1C(=O)Nc1ccc(OC)cc1. The number of rotatable bonds is 10. The quantitative estimate of drug-likeness (QED) is 0.556. The Hall–Kier alpha value is -3.39. The Morgan fingerprint density at radius 2 is 1.57 bits per heavy atom. The third-order valence-corrected chi connectivity index (χ3v) is 4.35. The van der Waals surface area contributed by atoms with Crippen LogP contribution < -0.4 is 20.7 Å². The van der Waals surface area contributed by atoms with Crippen LogP contribution in [0.1, 0.15) is 24.2 Å². The standard InChI is InChI=1S/C22H28N4O4/c1-4-23-20(27)14-26(5-2)15-21(28)25-19-9-7-6-8-18(19)22(29)24-16-10-12-17(30-3)13-11-16/h6-13H,4-5,14-15H2,1-3H3,(H,23,27)(H,24,29)(H,25,28). The number of methoxy groups -OCH3 is 1.